The van der Waals surface area contributed by atoms with E-state index in [2.05, 4.69) is 17.5 Å². The molecule has 0 fully saturated rings. The second kappa shape index (κ2) is 6.06. The summed E-state index contributed by atoms with van der Waals surface area (Å²) in [6.45, 7) is 0.899. The molecule has 3 rings (SSSR count). The molecular weight excluding hydrogens is 282 g/mol. The average molecular weight is 298 g/mol. The Bertz CT molecular complexity index is 684. The van der Waals surface area contributed by atoms with Gasteiger partial charge in [-0.2, -0.15) is 0 Å². The van der Waals surface area contributed by atoms with Crippen molar-refractivity contribution in [1.82, 2.24) is 5.32 Å². The normalized spacial score (nSPS) is 14.7. The van der Waals surface area contributed by atoms with E-state index in [-0.39, 0.29) is 5.75 Å². The van der Waals surface area contributed by atoms with Crippen LogP contribution in [0.1, 0.15) is 17.5 Å². The molecule has 2 aromatic rings. The maximum atomic E-state index is 9.41. The van der Waals surface area contributed by atoms with Gasteiger partial charge in [0.1, 0.15) is 5.75 Å². The van der Waals surface area contributed by atoms with Crippen molar-refractivity contribution in [1.29, 1.82) is 0 Å². The van der Waals surface area contributed by atoms with Crippen LogP contribution in [0.25, 0.3) is 11.3 Å². The molecule has 0 amide bonds. The van der Waals surface area contributed by atoms with Crippen LogP contribution < -0.4 is 5.32 Å². The van der Waals surface area contributed by atoms with E-state index < -0.39 is 0 Å². The third kappa shape index (κ3) is 3.29. The van der Waals surface area contributed by atoms with Crippen LogP contribution in [0, 0.1) is 0 Å². The molecule has 1 aliphatic rings. The lowest BCUT2D eigenvalue weighted by atomic mass is 10.0. The first-order valence-electron chi connectivity index (χ1n) is 6.93. The number of hydrogen-bond acceptors (Lipinski definition) is 2. The molecule has 0 bridgehead atoms. The van der Waals surface area contributed by atoms with Crippen LogP contribution in [-0.4, -0.2) is 11.7 Å². The molecule has 0 saturated carbocycles. The number of phenols is 1. The predicted octanol–water partition coefficient (Wildman–Crippen LogP) is 4.46. The number of allylic oxidation sites excluding steroid dienone is 2. The molecule has 2 nitrogen and oxygen atoms in total. The smallest absolute Gasteiger partial charge is 0.115 e. The molecule has 1 aliphatic heterocycles. The first-order valence-corrected chi connectivity index (χ1v) is 7.31. The monoisotopic (exact) mass is 297 g/mol. The van der Waals surface area contributed by atoms with E-state index in [9.17, 15) is 5.11 Å². The highest BCUT2D eigenvalue weighted by Crippen LogP contribution is 2.25. The Labute approximate surface area is 129 Å². The van der Waals surface area contributed by atoms with E-state index in [4.69, 9.17) is 11.6 Å². The van der Waals surface area contributed by atoms with Crippen molar-refractivity contribution in [2.45, 2.75) is 6.42 Å². The molecule has 0 unspecified atom stereocenters. The lowest BCUT2D eigenvalue weighted by Crippen LogP contribution is -2.11. The third-order valence-corrected chi connectivity index (χ3v) is 3.73. The molecule has 1 heterocycles. The fourth-order valence-corrected chi connectivity index (χ4v) is 2.50. The molecule has 3 heteroatoms. The number of aromatic hydroxyl groups is 1. The second-order valence-corrected chi connectivity index (χ2v) is 5.42. The van der Waals surface area contributed by atoms with Crippen molar-refractivity contribution in [3.05, 3.63) is 76.8 Å². The molecule has 0 spiro atoms. The summed E-state index contributed by atoms with van der Waals surface area (Å²) in [5.74, 6) is 0.285. The van der Waals surface area contributed by atoms with Gasteiger partial charge in [-0.1, -0.05) is 41.9 Å². The van der Waals surface area contributed by atoms with Crippen LogP contribution in [0.15, 0.2) is 60.7 Å². The van der Waals surface area contributed by atoms with Crippen LogP contribution >= 0.6 is 11.6 Å². The number of hydrogen-bond donors (Lipinski definition) is 2. The lowest BCUT2D eigenvalue weighted by molar-refractivity contribution is 0.475. The van der Waals surface area contributed by atoms with Gasteiger partial charge in [-0.25, -0.2) is 0 Å². The van der Waals surface area contributed by atoms with Crippen molar-refractivity contribution >= 4 is 22.9 Å². The predicted molar refractivity (Wildman–Crippen MR) is 88.1 cm³/mol. The number of halogens is 1. The first kappa shape index (κ1) is 13.8. The SMILES string of the molecule is Oc1ccc(C2=CCCNC(c3ccc(Cl)cc3)=C2)cc1. The molecule has 0 radical (unpaired) electrons. The summed E-state index contributed by atoms with van der Waals surface area (Å²) >= 11 is 5.95. The summed E-state index contributed by atoms with van der Waals surface area (Å²) in [5, 5.41) is 13.6. The standard InChI is InChI=1S/C18H16ClNO/c19-16-7-3-14(4-8-16)18-12-15(2-1-11-20-18)13-5-9-17(21)10-6-13/h2-10,12,20-21H,1,11H2. The Morgan fingerprint density at radius 1 is 0.905 bits per heavy atom. The first-order chi connectivity index (χ1) is 10.2. The minimum absolute atomic E-state index is 0.285. The molecule has 106 valence electrons. The summed E-state index contributed by atoms with van der Waals surface area (Å²) in [7, 11) is 0. The zero-order chi connectivity index (χ0) is 14.7. The molecule has 2 N–H and O–H groups in total. The van der Waals surface area contributed by atoms with Crippen LogP contribution in [-0.2, 0) is 0 Å². The highest BCUT2D eigenvalue weighted by molar-refractivity contribution is 6.30. The average Bonchev–Trinajstić information content (AvgIpc) is 2.75. The van der Waals surface area contributed by atoms with E-state index in [1.54, 1.807) is 12.1 Å². The quantitative estimate of drug-likeness (QED) is 0.857. The van der Waals surface area contributed by atoms with Gasteiger partial charge in [0.05, 0.1) is 0 Å². The maximum absolute atomic E-state index is 9.41. The Morgan fingerprint density at radius 2 is 1.57 bits per heavy atom. The zero-order valence-corrected chi connectivity index (χ0v) is 12.3. The number of benzene rings is 2. The van der Waals surface area contributed by atoms with E-state index in [0.717, 1.165) is 40.4 Å². The Kier molecular flexibility index (Phi) is 3.98. The van der Waals surface area contributed by atoms with Gasteiger partial charge >= 0.3 is 0 Å². The second-order valence-electron chi connectivity index (χ2n) is 4.99. The molecule has 0 atom stereocenters. The summed E-state index contributed by atoms with van der Waals surface area (Å²) in [5.41, 5.74) is 4.46. The minimum Gasteiger partial charge on any atom is -0.508 e. The van der Waals surface area contributed by atoms with Gasteiger partial charge in [0, 0.05) is 17.3 Å². The van der Waals surface area contributed by atoms with Crippen molar-refractivity contribution in [2.24, 2.45) is 0 Å². The van der Waals surface area contributed by atoms with Crippen molar-refractivity contribution < 1.29 is 5.11 Å². The highest BCUT2D eigenvalue weighted by Gasteiger charge is 2.08. The van der Waals surface area contributed by atoms with Gasteiger partial charge in [0.15, 0.2) is 0 Å². The van der Waals surface area contributed by atoms with E-state index >= 15 is 0 Å². The van der Waals surface area contributed by atoms with Crippen molar-refractivity contribution in [3.63, 3.8) is 0 Å². The van der Waals surface area contributed by atoms with Gasteiger partial charge in [-0.05, 0) is 53.5 Å². The van der Waals surface area contributed by atoms with Crippen LogP contribution in [0.3, 0.4) is 0 Å². The van der Waals surface area contributed by atoms with Crippen LogP contribution in [0.4, 0.5) is 0 Å². The summed E-state index contributed by atoms with van der Waals surface area (Å²) < 4.78 is 0. The van der Waals surface area contributed by atoms with E-state index in [0.29, 0.717) is 0 Å². The largest absolute Gasteiger partial charge is 0.508 e. The highest BCUT2D eigenvalue weighted by atomic mass is 35.5. The molecule has 21 heavy (non-hydrogen) atoms. The number of rotatable bonds is 2. The van der Waals surface area contributed by atoms with Crippen LogP contribution in [0.2, 0.25) is 5.02 Å². The van der Waals surface area contributed by atoms with Gasteiger partial charge in [-0.15, -0.1) is 0 Å². The van der Waals surface area contributed by atoms with Gasteiger partial charge in [0.2, 0.25) is 0 Å². The fourth-order valence-electron chi connectivity index (χ4n) is 2.37. The lowest BCUT2D eigenvalue weighted by Gasteiger charge is -2.10. The molecule has 0 saturated heterocycles. The summed E-state index contributed by atoms with van der Waals surface area (Å²) in [4.78, 5) is 0. The van der Waals surface area contributed by atoms with E-state index in [1.807, 2.05) is 36.4 Å². The third-order valence-electron chi connectivity index (χ3n) is 3.48. The zero-order valence-electron chi connectivity index (χ0n) is 11.5. The fraction of sp³-hybridized carbons (Fsp3) is 0.111. The Morgan fingerprint density at radius 3 is 2.29 bits per heavy atom. The summed E-state index contributed by atoms with van der Waals surface area (Å²) in [6, 6.07) is 15.1. The van der Waals surface area contributed by atoms with E-state index in [1.165, 1.54) is 0 Å². The minimum atomic E-state index is 0.285. The van der Waals surface area contributed by atoms with Crippen LogP contribution in [0.5, 0.6) is 5.75 Å². The Balaban J connectivity index is 1.96. The number of phenolic OH excluding ortho intramolecular Hbond substituents is 1. The van der Waals surface area contributed by atoms with Gasteiger partial charge in [0.25, 0.3) is 0 Å². The number of nitrogens with one attached hydrogen (secondary N) is 1. The summed E-state index contributed by atoms with van der Waals surface area (Å²) in [6.07, 6.45) is 5.31. The van der Waals surface area contributed by atoms with Gasteiger partial charge in [-0.3, -0.25) is 0 Å². The maximum Gasteiger partial charge on any atom is 0.115 e. The topological polar surface area (TPSA) is 32.3 Å². The molecular formula is C18H16ClNO. The van der Waals surface area contributed by atoms with Crippen molar-refractivity contribution in [3.8, 4) is 5.75 Å². The van der Waals surface area contributed by atoms with Crippen molar-refractivity contribution in [2.75, 3.05) is 6.54 Å². The Hall–Kier alpha value is -2.19. The molecule has 0 aromatic heterocycles. The van der Waals surface area contributed by atoms with Gasteiger partial charge < -0.3 is 10.4 Å². The molecule has 0 aliphatic carbocycles. The molecule has 2 aromatic carbocycles.